The summed E-state index contributed by atoms with van der Waals surface area (Å²) in [5, 5.41) is 9.01. The SMILES string of the molecule is CC1(C)O[C@@H]2[C@@H](C=CO[C@@H]2CO)O1. The van der Waals surface area contributed by atoms with Crippen molar-refractivity contribution in [1.82, 2.24) is 0 Å². The van der Waals surface area contributed by atoms with Crippen LogP contribution in [0.15, 0.2) is 12.3 Å². The highest BCUT2D eigenvalue weighted by molar-refractivity contribution is 5.02. The molecule has 0 unspecified atom stereocenters. The summed E-state index contributed by atoms with van der Waals surface area (Å²) in [4.78, 5) is 0. The predicted molar refractivity (Wildman–Crippen MR) is 44.9 cm³/mol. The quantitative estimate of drug-likeness (QED) is 0.644. The lowest BCUT2D eigenvalue weighted by molar-refractivity contribution is -0.154. The van der Waals surface area contributed by atoms with E-state index in [1.807, 2.05) is 19.9 Å². The molecule has 0 aromatic carbocycles. The molecule has 1 fully saturated rings. The van der Waals surface area contributed by atoms with Crippen molar-refractivity contribution in [2.75, 3.05) is 6.61 Å². The first-order valence-electron chi connectivity index (χ1n) is 4.41. The van der Waals surface area contributed by atoms with Crippen LogP contribution in [0.25, 0.3) is 0 Å². The average molecular weight is 186 g/mol. The Morgan fingerprint density at radius 1 is 1.38 bits per heavy atom. The second-order valence-corrected chi connectivity index (χ2v) is 3.75. The van der Waals surface area contributed by atoms with Gasteiger partial charge in [0.05, 0.1) is 12.9 Å². The Balaban J connectivity index is 2.14. The van der Waals surface area contributed by atoms with Crippen LogP contribution < -0.4 is 0 Å². The maximum atomic E-state index is 9.01. The van der Waals surface area contributed by atoms with Crippen LogP contribution in [0, 0.1) is 0 Å². The molecule has 0 aromatic rings. The largest absolute Gasteiger partial charge is 0.493 e. The highest BCUT2D eigenvalue weighted by Crippen LogP contribution is 2.33. The molecule has 0 aromatic heterocycles. The molecule has 0 radical (unpaired) electrons. The normalized spacial score (nSPS) is 41.3. The fourth-order valence-corrected chi connectivity index (χ4v) is 1.70. The summed E-state index contributed by atoms with van der Waals surface area (Å²) in [6.07, 6.45) is 2.78. The molecule has 0 saturated carbocycles. The Hall–Kier alpha value is -0.580. The first-order valence-corrected chi connectivity index (χ1v) is 4.41. The van der Waals surface area contributed by atoms with Gasteiger partial charge in [-0.15, -0.1) is 0 Å². The standard InChI is InChI=1S/C9H14O4/c1-9(2)12-6-3-4-11-7(5-10)8(6)13-9/h3-4,6-8,10H,5H2,1-2H3/t6-,7-,8-/m1/s1. The number of rotatable bonds is 1. The minimum absolute atomic E-state index is 0.0506. The first kappa shape index (κ1) is 8.99. The molecule has 2 aliphatic rings. The summed E-state index contributed by atoms with van der Waals surface area (Å²) in [5.41, 5.74) is 0. The summed E-state index contributed by atoms with van der Waals surface area (Å²) >= 11 is 0. The van der Waals surface area contributed by atoms with Crippen molar-refractivity contribution in [3.63, 3.8) is 0 Å². The van der Waals surface area contributed by atoms with Crippen LogP contribution in [0.4, 0.5) is 0 Å². The van der Waals surface area contributed by atoms with E-state index < -0.39 is 5.79 Å². The van der Waals surface area contributed by atoms with Crippen LogP contribution in [0.5, 0.6) is 0 Å². The zero-order valence-electron chi connectivity index (χ0n) is 7.77. The molecule has 1 saturated heterocycles. The number of fused-ring (bicyclic) bond motifs is 1. The van der Waals surface area contributed by atoms with Crippen molar-refractivity contribution in [3.05, 3.63) is 12.3 Å². The van der Waals surface area contributed by atoms with Gasteiger partial charge in [-0.25, -0.2) is 0 Å². The summed E-state index contributed by atoms with van der Waals surface area (Å²) in [6, 6.07) is 0. The molecule has 13 heavy (non-hydrogen) atoms. The van der Waals surface area contributed by atoms with Crippen LogP contribution in [0.2, 0.25) is 0 Å². The van der Waals surface area contributed by atoms with E-state index in [-0.39, 0.29) is 24.9 Å². The van der Waals surface area contributed by atoms with Crippen LogP contribution >= 0.6 is 0 Å². The van der Waals surface area contributed by atoms with Gasteiger partial charge in [-0.05, 0) is 19.9 Å². The minimum atomic E-state index is -0.583. The zero-order valence-corrected chi connectivity index (χ0v) is 7.77. The van der Waals surface area contributed by atoms with E-state index in [1.165, 1.54) is 0 Å². The Morgan fingerprint density at radius 3 is 2.85 bits per heavy atom. The molecule has 0 bridgehead atoms. The molecule has 0 spiro atoms. The first-order chi connectivity index (χ1) is 6.12. The van der Waals surface area contributed by atoms with Gasteiger partial charge in [0.15, 0.2) is 5.79 Å². The molecular weight excluding hydrogens is 172 g/mol. The van der Waals surface area contributed by atoms with E-state index in [9.17, 15) is 0 Å². The fraction of sp³-hybridized carbons (Fsp3) is 0.778. The zero-order chi connectivity index (χ0) is 9.47. The third kappa shape index (κ3) is 1.57. The van der Waals surface area contributed by atoms with Gasteiger partial charge in [-0.2, -0.15) is 0 Å². The number of aliphatic hydroxyl groups excluding tert-OH is 1. The molecule has 4 nitrogen and oxygen atoms in total. The smallest absolute Gasteiger partial charge is 0.164 e. The summed E-state index contributed by atoms with van der Waals surface area (Å²) < 4.78 is 16.4. The maximum absolute atomic E-state index is 9.01. The highest BCUT2D eigenvalue weighted by atomic mass is 16.8. The van der Waals surface area contributed by atoms with Gasteiger partial charge < -0.3 is 19.3 Å². The third-order valence-electron chi connectivity index (χ3n) is 2.23. The summed E-state index contributed by atoms with van der Waals surface area (Å²) in [6.45, 7) is 3.66. The lowest BCUT2D eigenvalue weighted by Crippen LogP contribution is -2.40. The van der Waals surface area contributed by atoms with E-state index in [0.717, 1.165) is 0 Å². The molecule has 74 valence electrons. The fourth-order valence-electron chi connectivity index (χ4n) is 1.70. The molecular formula is C9H14O4. The number of hydrogen-bond acceptors (Lipinski definition) is 4. The Kier molecular flexibility index (Phi) is 2.06. The van der Waals surface area contributed by atoms with E-state index >= 15 is 0 Å². The van der Waals surface area contributed by atoms with Gasteiger partial charge in [0.25, 0.3) is 0 Å². The van der Waals surface area contributed by atoms with Crippen LogP contribution in [0.3, 0.4) is 0 Å². The average Bonchev–Trinajstić information content (AvgIpc) is 2.37. The molecule has 0 amide bonds. The minimum Gasteiger partial charge on any atom is -0.493 e. The van der Waals surface area contributed by atoms with Crippen molar-refractivity contribution >= 4 is 0 Å². The monoisotopic (exact) mass is 186 g/mol. The Morgan fingerprint density at radius 2 is 2.15 bits per heavy atom. The van der Waals surface area contributed by atoms with E-state index in [1.54, 1.807) is 6.26 Å². The van der Waals surface area contributed by atoms with Crippen LogP contribution in [-0.2, 0) is 14.2 Å². The van der Waals surface area contributed by atoms with Crippen molar-refractivity contribution in [3.8, 4) is 0 Å². The predicted octanol–water partition coefficient (Wildman–Crippen LogP) is 0.411. The van der Waals surface area contributed by atoms with E-state index in [2.05, 4.69) is 0 Å². The third-order valence-corrected chi connectivity index (χ3v) is 2.23. The van der Waals surface area contributed by atoms with Gasteiger partial charge in [0.1, 0.15) is 18.3 Å². The van der Waals surface area contributed by atoms with Gasteiger partial charge in [0.2, 0.25) is 0 Å². The molecule has 0 aliphatic carbocycles. The van der Waals surface area contributed by atoms with Gasteiger partial charge in [-0.1, -0.05) is 0 Å². The van der Waals surface area contributed by atoms with E-state index in [0.29, 0.717) is 0 Å². The topological polar surface area (TPSA) is 47.9 Å². The highest BCUT2D eigenvalue weighted by Gasteiger charge is 2.46. The van der Waals surface area contributed by atoms with Gasteiger partial charge in [-0.3, -0.25) is 0 Å². The Labute approximate surface area is 77.1 Å². The van der Waals surface area contributed by atoms with E-state index in [4.69, 9.17) is 19.3 Å². The van der Waals surface area contributed by atoms with Gasteiger partial charge >= 0.3 is 0 Å². The van der Waals surface area contributed by atoms with Crippen LogP contribution in [-0.4, -0.2) is 35.8 Å². The number of ether oxygens (including phenoxy) is 3. The van der Waals surface area contributed by atoms with Crippen molar-refractivity contribution in [2.45, 2.75) is 37.9 Å². The molecule has 3 atom stereocenters. The summed E-state index contributed by atoms with van der Waals surface area (Å²) in [7, 11) is 0. The van der Waals surface area contributed by atoms with Crippen molar-refractivity contribution < 1.29 is 19.3 Å². The molecule has 2 heterocycles. The second-order valence-electron chi connectivity index (χ2n) is 3.75. The number of aliphatic hydroxyl groups is 1. The molecule has 2 rings (SSSR count). The van der Waals surface area contributed by atoms with Crippen LogP contribution in [0.1, 0.15) is 13.8 Å². The second kappa shape index (κ2) is 2.97. The Bertz CT molecular complexity index is 224. The lowest BCUT2D eigenvalue weighted by Gasteiger charge is -2.26. The van der Waals surface area contributed by atoms with Gasteiger partial charge in [0, 0.05) is 0 Å². The van der Waals surface area contributed by atoms with Crippen molar-refractivity contribution in [2.24, 2.45) is 0 Å². The maximum Gasteiger partial charge on any atom is 0.164 e. The molecule has 2 aliphatic heterocycles. The molecule has 4 heteroatoms. The van der Waals surface area contributed by atoms with Crippen molar-refractivity contribution in [1.29, 1.82) is 0 Å². The molecule has 1 N–H and O–H groups in total. The summed E-state index contributed by atoms with van der Waals surface area (Å²) in [5.74, 6) is -0.583. The lowest BCUT2D eigenvalue weighted by atomic mass is 10.1. The number of hydrogen-bond donors (Lipinski definition) is 1.